The van der Waals surface area contributed by atoms with Gasteiger partial charge >= 0.3 is 11.7 Å². The minimum atomic E-state index is -0.452. The topological polar surface area (TPSA) is 88.1 Å². The molecular weight excluding hydrogens is 440 g/mol. The van der Waals surface area contributed by atoms with Crippen LogP contribution >= 0.6 is 11.8 Å². The van der Waals surface area contributed by atoms with Crippen LogP contribution in [0.15, 0.2) is 69.3 Å². The van der Waals surface area contributed by atoms with Crippen molar-refractivity contribution in [2.24, 2.45) is 14.1 Å². The van der Waals surface area contributed by atoms with E-state index in [1.165, 1.54) is 23.4 Å². The van der Waals surface area contributed by atoms with Crippen LogP contribution in [0.3, 0.4) is 0 Å². The van der Waals surface area contributed by atoms with E-state index in [1.54, 1.807) is 11.6 Å². The molecule has 0 N–H and O–H groups in total. The summed E-state index contributed by atoms with van der Waals surface area (Å²) >= 11 is 1.18. The Kier molecular flexibility index (Phi) is 6.50. The molecule has 4 rings (SSSR count). The van der Waals surface area contributed by atoms with Crippen LogP contribution in [0.2, 0.25) is 0 Å². The number of ether oxygens (including phenoxy) is 1. The molecule has 170 valence electrons. The molecule has 2 aromatic carbocycles. The highest BCUT2D eigenvalue weighted by molar-refractivity contribution is 7.99. The first-order chi connectivity index (χ1) is 15.8. The van der Waals surface area contributed by atoms with E-state index in [0.717, 1.165) is 21.3 Å². The number of rotatable bonds is 7. The predicted octanol–water partition coefficient (Wildman–Crippen LogP) is 2.63. The van der Waals surface area contributed by atoms with Crippen LogP contribution < -0.4 is 11.2 Å². The molecular formula is C24H24N4O4S. The van der Waals surface area contributed by atoms with E-state index in [1.807, 2.05) is 61.5 Å². The number of imidazole rings is 1. The summed E-state index contributed by atoms with van der Waals surface area (Å²) < 4.78 is 9.55. The fraction of sp³-hybridized carbons (Fsp3) is 0.250. The molecule has 0 saturated carbocycles. The summed E-state index contributed by atoms with van der Waals surface area (Å²) in [4.78, 5) is 42.3. The van der Waals surface area contributed by atoms with Gasteiger partial charge in [0.2, 0.25) is 0 Å². The summed E-state index contributed by atoms with van der Waals surface area (Å²) in [7, 11) is 3.03. The number of carbonyl (C=O) groups is 1. The highest BCUT2D eigenvalue weighted by atomic mass is 32.2. The molecule has 0 spiro atoms. The summed E-state index contributed by atoms with van der Waals surface area (Å²) in [6.07, 6.45) is 0. The van der Waals surface area contributed by atoms with Crippen molar-refractivity contribution in [2.75, 3.05) is 5.75 Å². The van der Waals surface area contributed by atoms with Crippen LogP contribution in [0.1, 0.15) is 16.7 Å². The minimum absolute atomic E-state index is 0.0260. The van der Waals surface area contributed by atoms with Gasteiger partial charge < -0.3 is 9.30 Å². The van der Waals surface area contributed by atoms with Gasteiger partial charge in [0.15, 0.2) is 16.3 Å². The van der Waals surface area contributed by atoms with Crippen LogP contribution in [-0.4, -0.2) is 30.4 Å². The zero-order valence-corrected chi connectivity index (χ0v) is 19.5. The van der Waals surface area contributed by atoms with Crippen LogP contribution in [-0.2, 0) is 36.8 Å². The zero-order valence-electron chi connectivity index (χ0n) is 18.6. The lowest BCUT2D eigenvalue weighted by Crippen LogP contribution is -2.37. The van der Waals surface area contributed by atoms with Crippen molar-refractivity contribution in [2.45, 2.75) is 25.2 Å². The minimum Gasteiger partial charge on any atom is -0.460 e. The Morgan fingerprint density at radius 2 is 1.73 bits per heavy atom. The molecule has 0 bridgehead atoms. The Morgan fingerprint density at radius 1 is 1.00 bits per heavy atom. The largest absolute Gasteiger partial charge is 0.460 e. The van der Waals surface area contributed by atoms with Crippen LogP contribution in [0.5, 0.6) is 0 Å². The number of aromatic nitrogens is 4. The summed E-state index contributed by atoms with van der Waals surface area (Å²) in [5.41, 5.74) is 2.71. The molecule has 0 fully saturated rings. The lowest BCUT2D eigenvalue weighted by Gasteiger charge is -2.10. The van der Waals surface area contributed by atoms with Crippen molar-refractivity contribution < 1.29 is 9.53 Å². The van der Waals surface area contributed by atoms with Crippen molar-refractivity contribution in [3.8, 4) is 0 Å². The number of aryl methyl sites for hydroxylation is 2. The number of carbonyl (C=O) groups excluding carboxylic acids is 1. The Balaban J connectivity index is 1.65. The molecule has 0 atom stereocenters. The number of hydrogen-bond donors (Lipinski definition) is 0. The highest BCUT2D eigenvalue weighted by Crippen LogP contribution is 2.23. The molecule has 0 radical (unpaired) electrons. The van der Waals surface area contributed by atoms with Gasteiger partial charge in [0.05, 0.1) is 12.3 Å². The third-order valence-electron chi connectivity index (χ3n) is 5.30. The second-order valence-electron chi connectivity index (χ2n) is 7.78. The Morgan fingerprint density at radius 3 is 2.45 bits per heavy atom. The van der Waals surface area contributed by atoms with Crippen LogP contribution in [0, 0.1) is 6.92 Å². The van der Waals surface area contributed by atoms with Crippen molar-refractivity contribution >= 4 is 28.9 Å². The first-order valence-corrected chi connectivity index (χ1v) is 11.4. The van der Waals surface area contributed by atoms with Gasteiger partial charge in [-0.1, -0.05) is 71.9 Å². The molecule has 0 aliphatic rings. The number of fused-ring (bicyclic) bond motifs is 1. The van der Waals surface area contributed by atoms with Gasteiger partial charge in [0, 0.05) is 14.1 Å². The fourth-order valence-electron chi connectivity index (χ4n) is 3.58. The van der Waals surface area contributed by atoms with Gasteiger partial charge in [0.1, 0.15) is 6.61 Å². The lowest BCUT2D eigenvalue weighted by molar-refractivity contribution is -0.141. The first kappa shape index (κ1) is 22.6. The molecule has 0 aliphatic heterocycles. The molecule has 2 heterocycles. The third-order valence-corrected chi connectivity index (χ3v) is 6.25. The van der Waals surface area contributed by atoms with Crippen LogP contribution in [0.25, 0.3) is 11.2 Å². The van der Waals surface area contributed by atoms with E-state index in [9.17, 15) is 14.4 Å². The molecule has 0 amide bonds. The van der Waals surface area contributed by atoms with Crippen molar-refractivity contribution in [1.29, 1.82) is 0 Å². The third kappa shape index (κ3) is 4.78. The monoisotopic (exact) mass is 464 g/mol. The number of hydrogen-bond acceptors (Lipinski definition) is 6. The normalized spacial score (nSPS) is 11.1. The van der Waals surface area contributed by atoms with Crippen molar-refractivity contribution in [3.63, 3.8) is 0 Å². The molecule has 33 heavy (non-hydrogen) atoms. The maximum absolute atomic E-state index is 13.0. The molecule has 0 aliphatic carbocycles. The summed E-state index contributed by atoms with van der Waals surface area (Å²) in [6, 6.07) is 17.4. The molecule has 4 aromatic rings. The highest BCUT2D eigenvalue weighted by Gasteiger charge is 2.20. The average Bonchev–Trinajstić information content (AvgIpc) is 3.17. The van der Waals surface area contributed by atoms with E-state index in [0.29, 0.717) is 17.2 Å². The van der Waals surface area contributed by atoms with Gasteiger partial charge in [-0.05, 0) is 18.1 Å². The standard InChI is InChI=1S/C24H24N4O4S/c1-16-8-7-11-18(12-16)13-28-20-21(26(2)24(31)27(3)22(20)30)25-23(28)33-15-19(29)32-14-17-9-5-4-6-10-17/h4-12H,13-15H2,1-3H3. The first-order valence-electron chi connectivity index (χ1n) is 10.4. The molecule has 2 aromatic heterocycles. The van der Waals surface area contributed by atoms with Gasteiger partial charge in [-0.3, -0.25) is 18.7 Å². The number of thioether (sulfide) groups is 1. The van der Waals surface area contributed by atoms with Gasteiger partial charge in [-0.2, -0.15) is 0 Å². The molecule has 9 heteroatoms. The van der Waals surface area contributed by atoms with Gasteiger partial charge in [-0.15, -0.1) is 0 Å². The van der Waals surface area contributed by atoms with E-state index in [4.69, 9.17) is 4.74 Å². The zero-order chi connectivity index (χ0) is 23.5. The molecule has 0 saturated heterocycles. The van der Waals surface area contributed by atoms with E-state index >= 15 is 0 Å². The number of benzene rings is 2. The fourth-order valence-corrected chi connectivity index (χ4v) is 4.37. The predicted molar refractivity (Wildman–Crippen MR) is 127 cm³/mol. The second kappa shape index (κ2) is 9.50. The van der Waals surface area contributed by atoms with E-state index < -0.39 is 11.2 Å². The van der Waals surface area contributed by atoms with Crippen LogP contribution in [0.4, 0.5) is 0 Å². The SMILES string of the molecule is Cc1cccc(Cn2c(SCC(=O)OCc3ccccc3)nc3c2c(=O)n(C)c(=O)n3C)c1. The second-order valence-corrected chi connectivity index (χ2v) is 8.73. The van der Waals surface area contributed by atoms with Crippen molar-refractivity contribution in [3.05, 3.63) is 92.1 Å². The quantitative estimate of drug-likeness (QED) is 0.309. The van der Waals surface area contributed by atoms with Gasteiger partial charge in [-0.25, -0.2) is 9.78 Å². The van der Waals surface area contributed by atoms with Crippen molar-refractivity contribution in [1.82, 2.24) is 18.7 Å². The summed E-state index contributed by atoms with van der Waals surface area (Å²) in [5.74, 6) is -0.363. The molecule has 0 unspecified atom stereocenters. The van der Waals surface area contributed by atoms with Gasteiger partial charge in [0.25, 0.3) is 5.56 Å². The number of esters is 1. The average molecular weight is 465 g/mol. The Bertz CT molecular complexity index is 1440. The van der Waals surface area contributed by atoms with E-state index in [-0.39, 0.29) is 24.0 Å². The summed E-state index contributed by atoms with van der Waals surface area (Å²) in [5, 5.41) is 0.474. The number of nitrogens with zero attached hydrogens (tertiary/aromatic N) is 4. The smallest absolute Gasteiger partial charge is 0.332 e. The Labute approximate surface area is 194 Å². The summed E-state index contributed by atoms with van der Waals surface area (Å²) in [6.45, 7) is 2.57. The lowest BCUT2D eigenvalue weighted by atomic mass is 10.1. The van der Waals surface area contributed by atoms with E-state index in [2.05, 4.69) is 4.98 Å². The Hall–Kier alpha value is -3.59. The molecule has 8 nitrogen and oxygen atoms in total. The maximum atomic E-state index is 13.0. The maximum Gasteiger partial charge on any atom is 0.332 e.